The number of pyridine rings is 1. The molecule has 1 saturated heterocycles. The summed E-state index contributed by atoms with van der Waals surface area (Å²) < 4.78 is 72.9. The zero-order valence-corrected chi connectivity index (χ0v) is 33.2. The number of ether oxygens (including phenoxy) is 1. The molecule has 7 N–H and O–H groups in total. The van der Waals surface area contributed by atoms with Crippen LogP contribution in [0.2, 0.25) is 0 Å². The molecule has 3 aromatic rings. The number of piperidine rings is 1. The van der Waals surface area contributed by atoms with E-state index in [-0.39, 0.29) is 65.2 Å². The number of ketones is 1. The molecule has 3 heterocycles. The van der Waals surface area contributed by atoms with Crippen LogP contribution in [0.15, 0.2) is 48.5 Å². The maximum absolute atomic E-state index is 15.5. The van der Waals surface area contributed by atoms with Gasteiger partial charge in [0, 0.05) is 38.4 Å². The summed E-state index contributed by atoms with van der Waals surface area (Å²) >= 11 is 0. The van der Waals surface area contributed by atoms with Crippen molar-refractivity contribution in [3.8, 4) is 5.75 Å². The van der Waals surface area contributed by atoms with Gasteiger partial charge in [0.05, 0.1) is 17.3 Å². The second kappa shape index (κ2) is 16.5. The highest BCUT2D eigenvalue weighted by atomic mass is 31.2. The van der Waals surface area contributed by atoms with Gasteiger partial charge in [-0.15, -0.1) is 0 Å². The number of nitrogens with one attached hydrogen (secondary N) is 3. The number of imide groups is 1. The normalized spacial score (nSPS) is 22.3. The number of hydrogen-bond donors (Lipinski definition) is 7. The smallest absolute Gasteiger partial charge is 0.413 e. The minimum absolute atomic E-state index is 0.0193. The Morgan fingerprint density at radius 3 is 2.10 bits per heavy atom. The average Bonchev–Trinajstić information content (AvgIpc) is 3.55. The first kappa shape index (κ1) is 43.4. The van der Waals surface area contributed by atoms with Gasteiger partial charge in [0.2, 0.25) is 19.2 Å². The van der Waals surface area contributed by atoms with Crippen molar-refractivity contribution in [2.45, 2.75) is 43.8 Å². The van der Waals surface area contributed by atoms with Crippen LogP contribution in [0.25, 0.3) is 0 Å². The fraction of sp³-hybridized carbons (Fsp3) is 0.389. The van der Waals surface area contributed by atoms with Crippen molar-refractivity contribution in [1.82, 2.24) is 20.9 Å². The number of rotatable bonds is 13. The van der Waals surface area contributed by atoms with E-state index in [1.54, 1.807) is 4.90 Å². The Bertz CT molecular complexity index is 2280. The van der Waals surface area contributed by atoms with Crippen LogP contribution < -0.4 is 30.5 Å². The van der Waals surface area contributed by atoms with E-state index in [4.69, 9.17) is 4.74 Å². The van der Waals surface area contributed by atoms with Gasteiger partial charge in [-0.25, -0.2) is 22.9 Å². The molecule has 3 aliphatic rings. The van der Waals surface area contributed by atoms with Crippen LogP contribution in [0.5, 0.6) is 5.75 Å². The van der Waals surface area contributed by atoms with Crippen molar-refractivity contribution in [3.05, 3.63) is 77.1 Å². The molecule has 2 aromatic carbocycles. The van der Waals surface area contributed by atoms with Crippen molar-refractivity contribution >= 4 is 61.9 Å². The van der Waals surface area contributed by atoms with Crippen LogP contribution in [0.1, 0.15) is 29.8 Å². The lowest BCUT2D eigenvalue weighted by atomic mass is 9.92. The lowest BCUT2D eigenvalue weighted by molar-refractivity contribution is -0.139. The number of carboxylic acids is 1. The molecular weight excluding hydrogens is 827 g/mol. The molecule has 2 aliphatic heterocycles. The molecule has 316 valence electrons. The number of carbonyl (C=O) groups excluding carboxylic acids is 4. The summed E-state index contributed by atoms with van der Waals surface area (Å²) in [5, 5.41) is 15.4. The van der Waals surface area contributed by atoms with Crippen LogP contribution in [0.4, 0.5) is 35.3 Å². The molecule has 1 aromatic heterocycles. The van der Waals surface area contributed by atoms with Gasteiger partial charge >= 0.3 is 19.7 Å². The minimum Gasteiger partial charge on any atom is -0.481 e. The van der Waals surface area contributed by atoms with Gasteiger partial charge in [-0.3, -0.25) is 33.6 Å². The molecule has 0 radical (unpaired) electrons. The molecule has 1 saturated carbocycles. The SMILES string of the molecule is CC(N[C@H]1[C@@H]2CN(c3nc4c(cc3F)C(=O)C(C(=O)O)CN4c3ccc(F)cc3F)C[C@@H]21)C(=O)NC(=O)[C@H](C)NC(=O)Oc1ccc(CC(P(C)(=O)O)P(=O)(O)O)cc1. The Morgan fingerprint density at radius 1 is 0.898 bits per heavy atom. The van der Waals surface area contributed by atoms with Crippen molar-refractivity contribution in [2.24, 2.45) is 17.8 Å². The molecule has 8 atom stereocenters. The van der Waals surface area contributed by atoms with Crippen molar-refractivity contribution < 1.29 is 70.8 Å². The Kier molecular flexibility index (Phi) is 12.1. The molecule has 59 heavy (non-hydrogen) atoms. The van der Waals surface area contributed by atoms with Gasteiger partial charge in [0.25, 0.3) is 0 Å². The standard InChI is InChI=1S/C36H39F3N6O12P2/c1-16(33(47)43-34(48)17(2)41-36(51)57-20-7-4-18(5-8-20)10-28(58(3,52)53)59(54,55)56)40-29-22-13-44(14-23(22)29)32-26(39)12-21-30(46)24(35(49)50)15-45(31(21)42-32)27-9-6-19(37)11-25(27)38/h4-9,11-12,16-17,22-24,28-29,40H,10,13-15H2,1-3H3,(H,41,51)(H,49,50)(H,52,53)(H,43,47,48)(H2,54,55,56)/t16?,17-,22-,23+,24?,28?,29+/m0/s1. The molecule has 6 rings (SSSR count). The maximum atomic E-state index is 15.5. The third kappa shape index (κ3) is 9.51. The summed E-state index contributed by atoms with van der Waals surface area (Å²) in [4.78, 5) is 98.7. The van der Waals surface area contributed by atoms with E-state index in [1.165, 1.54) is 38.1 Å². The molecule has 0 spiro atoms. The number of carboxylic acid groups (broad SMARTS) is 1. The molecule has 18 nitrogen and oxygen atoms in total. The topological polar surface area (TPSA) is 265 Å². The third-order valence-electron chi connectivity index (χ3n) is 10.4. The van der Waals surface area contributed by atoms with E-state index >= 15 is 4.39 Å². The van der Waals surface area contributed by atoms with Crippen LogP contribution in [0.3, 0.4) is 0 Å². The second-order valence-corrected chi connectivity index (χ2v) is 19.5. The molecule has 4 unspecified atom stereocenters. The third-order valence-corrected chi connectivity index (χ3v) is 14.9. The lowest BCUT2D eigenvalue weighted by Gasteiger charge is -2.34. The molecule has 3 amide bonds. The van der Waals surface area contributed by atoms with Crippen LogP contribution >= 0.6 is 15.0 Å². The zero-order chi connectivity index (χ0) is 43.3. The highest BCUT2D eigenvalue weighted by molar-refractivity contribution is 7.73. The average molecular weight is 867 g/mol. The van der Waals surface area contributed by atoms with Gasteiger partial charge in [-0.1, -0.05) is 12.1 Å². The quantitative estimate of drug-likeness (QED) is 0.0962. The first-order valence-corrected chi connectivity index (χ1v) is 21.9. The van der Waals surface area contributed by atoms with E-state index in [9.17, 15) is 61.7 Å². The Morgan fingerprint density at radius 2 is 1.53 bits per heavy atom. The van der Waals surface area contributed by atoms with E-state index in [2.05, 4.69) is 20.9 Å². The zero-order valence-electron chi connectivity index (χ0n) is 31.4. The number of carbonyl (C=O) groups is 5. The number of anilines is 3. The second-order valence-electron chi connectivity index (χ2n) is 14.7. The Hall–Kier alpha value is -5.17. The van der Waals surface area contributed by atoms with E-state index < -0.39 is 98.4 Å². The minimum atomic E-state index is -4.91. The van der Waals surface area contributed by atoms with Crippen molar-refractivity contribution in [3.63, 3.8) is 0 Å². The molecule has 2 fully saturated rings. The summed E-state index contributed by atoms with van der Waals surface area (Å²) in [6.07, 6.45) is -1.48. The highest BCUT2D eigenvalue weighted by Gasteiger charge is 2.57. The summed E-state index contributed by atoms with van der Waals surface area (Å²) in [6.45, 7) is 3.66. The van der Waals surface area contributed by atoms with Crippen molar-refractivity contribution in [1.29, 1.82) is 0 Å². The summed E-state index contributed by atoms with van der Waals surface area (Å²) in [6, 6.07) is 6.40. The molecule has 0 bridgehead atoms. The van der Waals surface area contributed by atoms with Gasteiger partial charge in [0.1, 0.15) is 40.6 Å². The summed E-state index contributed by atoms with van der Waals surface area (Å²) in [5.41, 5.74) is -0.330. The predicted octanol–water partition coefficient (Wildman–Crippen LogP) is 2.71. The fourth-order valence-electron chi connectivity index (χ4n) is 7.22. The van der Waals surface area contributed by atoms with E-state index in [0.717, 1.165) is 29.8 Å². The van der Waals surface area contributed by atoms with Crippen LogP contribution in [-0.2, 0) is 29.9 Å². The first-order chi connectivity index (χ1) is 27.5. The highest BCUT2D eigenvalue weighted by Crippen LogP contribution is 2.61. The van der Waals surface area contributed by atoms with E-state index in [0.29, 0.717) is 6.07 Å². The summed E-state index contributed by atoms with van der Waals surface area (Å²) in [5.74, 6) is -9.00. The lowest BCUT2D eigenvalue weighted by Crippen LogP contribution is -2.52. The van der Waals surface area contributed by atoms with Crippen molar-refractivity contribution in [2.75, 3.05) is 36.1 Å². The van der Waals surface area contributed by atoms with Gasteiger partial charge in [-0.05, 0) is 68.0 Å². The summed E-state index contributed by atoms with van der Waals surface area (Å²) in [7, 11) is -9.07. The number of amides is 3. The molecular formula is C36H39F3N6O12P2. The largest absolute Gasteiger partial charge is 0.481 e. The van der Waals surface area contributed by atoms with E-state index in [1.807, 2.05) is 0 Å². The Balaban J connectivity index is 1.00. The number of nitrogens with zero attached hydrogens (tertiary/aromatic N) is 3. The number of aliphatic carboxylic acids is 1. The Labute approximate surface area is 333 Å². The van der Waals surface area contributed by atoms with Crippen LogP contribution in [-0.4, -0.2) is 104 Å². The number of fused-ring (bicyclic) bond motifs is 2. The predicted molar refractivity (Wildman–Crippen MR) is 202 cm³/mol. The molecule has 1 aliphatic carbocycles. The number of hydrogen-bond acceptors (Lipinski definition) is 12. The van der Waals surface area contributed by atoms with Gasteiger partial charge in [0.15, 0.2) is 17.4 Å². The molecule has 23 heteroatoms. The monoisotopic (exact) mass is 866 g/mol. The number of halogens is 3. The number of benzene rings is 2. The van der Waals surface area contributed by atoms with Crippen LogP contribution in [0, 0.1) is 35.2 Å². The number of aromatic nitrogens is 1. The number of Topliss-reactive ketones (excluding diaryl/α,β-unsaturated/α-hetero) is 1. The fourth-order valence-corrected chi connectivity index (χ4v) is 10.5. The maximum Gasteiger partial charge on any atom is 0.413 e. The first-order valence-electron chi connectivity index (χ1n) is 18.0. The van der Waals surface area contributed by atoms with Gasteiger partial charge in [-0.2, -0.15) is 0 Å². The van der Waals surface area contributed by atoms with Gasteiger partial charge < -0.3 is 45.0 Å².